The van der Waals surface area contributed by atoms with Gasteiger partial charge in [-0.05, 0) is 41.5 Å². The standard InChI is InChI=1S/C13H25N3O4/c1-8(2)15-11(20)16-9(17)7-14-13(5,6)12(3,4)10(18)19/h8,14H,7H2,1-6H3,(H,18,19)(H2,15,16,17,20). The Kier molecular flexibility index (Phi) is 6.15. The van der Waals surface area contributed by atoms with Crippen molar-refractivity contribution in [3.05, 3.63) is 0 Å². The van der Waals surface area contributed by atoms with E-state index in [9.17, 15) is 19.5 Å². The molecule has 0 saturated carbocycles. The smallest absolute Gasteiger partial charge is 0.321 e. The van der Waals surface area contributed by atoms with E-state index in [4.69, 9.17) is 0 Å². The SMILES string of the molecule is CC(C)NC(=O)NC(=O)CNC(C)(C)C(C)(C)C(=O)O. The number of hydrogen-bond donors (Lipinski definition) is 4. The number of urea groups is 1. The summed E-state index contributed by atoms with van der Waals surface area (Å²) in [6, 6.07) is -0.639. The lowest BCUT2D eigenvalue weighted by molar-refractivity contribution is -0.151. The van der Waals surface area contributed by atoms with Gasteiger partial charge in [0.25, 0.3) is 0 Å². The van der Waals surface area contributed by atoms with Gasteiger partial charge in [0.1, 0.15) is 0 Å². The molecule has 0 atom stereocenters. The molecule has 116 valence electrons. The van der Waals surface area contributed by atoms with Crippen LogP contribution in [0.2, 0.25) is 0 Å². The topological polar surface area (TPSA) is 108 Å². The Morgan fingerprint density at radius 1 is 1.10 bits per heavy atom. The second-order valence-electron chi connectivity index (χ2n) is 6.09. The number of carboxylic acids is 1. The van der Waals surface area contributed by atoms with Crippen molar-refractivity contribution in [3.8, 4) is 0 Å². The maximum Gasteiger partial charge on any atom is 0.321 e. The third kappa shape index (κ3) is 5.16. The van der Waals surface area contributed by atoms with Gasteiger partial charge < -0.3 is 15.7 Å². The lowest BCUT2D eigenvalue weighted by Gasteiger charge is -2.38. The summed E-state index contributed by atoms with van der Waals surface area (Å²) in [7, 11) is 0. The molecule has 0 saturated heterocycles. The molecule has 7 nitrogen and oxygen atoms in total. The van der Waals surface area contributed by atoms with Crippen LogP contribution < -0.4 is 16.0 Å². The number of amides is 3. The largest absolute Gasteiger partial charge is 0.481 e. The Morgan fingerprint density at radius 2 is 1.60 bits per heavy atom. The number of nitrogens with one attached hydrogen (secondary N) is 3. The molecule has 0 bridgehead atoms. The van der Waals surface area contributed by atoms with E-state index < -0.39 is 28.9 Å². The molecule has 20 heavy (non-hydrogen) atoms. The van der Waals surface area contributed by atoms with Gasteiger partial charge in [-0.15, -0.1) is 0 Å². The fourth-order valence-corrected chi connectivity index (χ4v) is 1.26. The van der Waals surface area contributed by atoms with Crippen LogP contribution in [0.4, 0.5) is 4.79 Å². The molecule has 0 unspecified atom stereocenters. The molecule has 7 heteroatoms. The van der Waals surface area contributed by atoms with E-state index in [2.05, 4.69) is 16.0 Å². The maximum atomic E-state index is 11.6. The molecule has 0 aromatic carbocycles. The first-order valence-electron chi connectivity index (χ1n) is 6.49. The summed E-state index contributed by atoms with van der Waals surface area (Å²) in [5.74, 6) is -1.48. The van der Waals surface area contributed by atoms with Crippen LogP contribution in [0.1, 0.15) is 41.5 Å². The predicted octanol–water partition coefficient (Wildman–Crippen LogP) is 0.700. The first-order chi connectivity index (χ1) is 8.90. The molecule has 0 aliphatic heterocycles. The van der Waals surface area contributed by atoms with Crippen LogP contribution in [0.5, 0.6) is 0 Å². The molecule has 0 radical (unpaired) electrons. The van der Waals surface area contributed by atoms with Crippen LogP contribution in [0.15, 0.2) is 0 Å². The highest BCUT2D eigenvalue weighted by Crippen LogP contribution is 2.30. The van der Waals surface area contributed by atoms with E-state index >= 15 is 0 Å². The summed E-state index contributed by atoms with van der Waals surface area (Å²) in [5, 5.41) is 16.7. The van der Waals surface area contributed by atoms with E-state index in [-0.39, 0.29) is 12.6 Å². The summed E-state index contributed by atoms with van der Waals surface area (Å²) < 4.78 is 0. The quantitative estimate of drug-likeness (QED) is 0.575. The van der Waals surface area contributed by atoms with Crippen LogP contribution >= 0.6 is 0 Å². The fraction of sp³-hybridized carbons (Fsp3) is 0.769. The molecule has 0 aliphatic carbocycles. The van der Waals surface area contributed by atoms with Gasteiger partial charge in [0.2, 0.25) is 5.91 Å². The Hall–Kier alpha value is -1.63. The first kappa shape index (κ1) is 18.4. The molecule has 0 aromatic rings. The van der Waals surface area contributed by atoms with E-state index in [1.807, 2.05) is 0 Å². The van der Waals surface area contributed by atoms with Gasteiger partial charge in [0, 0.05) is 11.6 Å². The summed E-state index contributed by atoms with van der Waals surface area (Å²) in [6.45, 7) is 9.96. The van der Waals surface area contributed by atoms with Gasteiger partial charge in [-0.25, -0.2) is 4.79 Å². The van der Waals surface area contributed by atoms with Gasteiger partial charge in [-0.1, -0.05) is 0 Å². The van der Waals surface area contributed by atoms with Crippen molar-refractivity contribution in [1.29, 1.82) is 0 Å². The minimum Gasteiger partial charge on any atom is -0.481 e. The lowest BCUT2D eigenvalue weighted by Crippen LogP contribution is -2.57. The summed E-state index contributed by atoms with van der Waals surface area (Å²) in [5.41, 5.74) is -1.88. The number of rotatable bonds is 6. The number of carbonyl (C=O) groups excluding carboxylic acids is 2. The van der Waals surface area contributed by atoms with Crippen LogP contribution in [-0.2, 0) is 9.59 Å². The number of carbonyl (C=O) groups is 3. The molecule has 3 amide bonds. The molecule has 0 heterocycles. The molecule has 0 fully saturated rings. The monoisotopic (exact) mass is 287 g/mol. The van der Waals surface area contributed by atoms with Crippen LogP contribution in [0.3, 0.4) is 0 Å². The lowest BCUT2D eigenvalue weighted by atomic mass is 9.74. The molecular formula is C13H25N3O4. The van der Waals surface area contributed by atoms with Crippen molar-refractivity contribution < 1.29 is 19.5 Å². The van der Waals surface area contributed by atoms with Crippen LogP contribution in [-0.4, -0.2) is 41.1 Å². The zero-order chi connectivity index (χ0) is 16.1. The summed E-state index contributed by atoms with van der Waals surface area (Å²) in [6.07, 6.45) is 0. The molecule has 0 rings (SSSR count). The van der Waals surface area contributed by atoms with Gasteiger partial charge in [0.05, 0.1) is 12.0 Å². The summed E-state index contributed by atoms with van der Waals surface area (Å²) in [4.78, 5) is 34.1. The van der Waals surface area contributed by atoms with Crippen molar-refractivity contribution in [2.75, 3.05) is 6.54 Å². The van der Waals surface area contributed by atoms with Crippen molar-refractivity contribution in [1.82, 2.24) is 16.0 Å². The highest BCUT2D eigenvalue weighted by molar-refractivity contribution is 5.95. The van der Waals surface area contributed by atoms with E-state index in [1.165, 1.54) is 0 Å². The van der Waals surface area contributed by atoms with Crippen molar-refractivity contribution in [3.63, 3.8) is 0 Å². The molecule has 0 spiro atoms. The van der Waals surface area contributed by atoms with Crippen molar-refractivity contribution >= 4 is 17.9 Å². The zero-order valence-electron chi connectivity index (χ0n) is 13.0. The van der Waals surface area contributed by atoms with Gasteiger partial charge in [-0.2, -0.15) is 0 Å². The van der Waals surface area contributed by atoms with Crippen molar-refractivity contribution in [2.45, 2.75) is 53.1 Å². The number of aliphatic carboxylic acids is 1. The number of hydrogen-bond acceptors (Lipinski definition) is 4. The minimum atomic E-state index is -1.06. The van der Waals surface area contributed by atoms with Crippen molar-refractivity contribution in [2.24, 2.45) is 5.41 Å². The van der Waals surface area contributed by atoms with Gasteiger partial charge in [-0.3, -0.25) is 14.9 Å². The number of carboxylic acid groups (broad SMARTS) is 1. The third-order valence-corrected chi connectivity index (χ3v) is 3.46. The van der Waals surface area contributed by atoms with E-state index in [0.717, 1.165) is 0 Å². The normalized spacial score (nSPS) is 12.2. The Labute approximate surface area is 119 Å². The molecule has 0 aromatic heterocycles. The van der Waals surface area contributed by atoms with Gasteiger partial charge in [0.15, 0.2) is 0 Å². The number of imide groups is 1. The highest BCUT2D eigenvalue weighted by Gasteiger charge is 2.43. The highest BCUT2D eigenvalue weighted by atomic mass is 16.4. The molecule has 4 N–H and O–H groups in total. The third-order valence-electron chi connectivity index (χ3n) is 3.46. The predicted molar refractivity (Wildman–Crippen MR) is 75.3 cm³/mol. The first-order valence-corrected chi connectivity index (χ1v) is 6.49. The zero-order valence-corrected chi connectivity index (χ0v) is 13.0. The molecule has 0 aliphatic rings. The Bertz CT molecular complexity index is 389. The average Bonchev–Trinajstić information content (AvgIpc) is 2.24. The Morgan fingerprint density at radius 3 is 2.00 bits per heavy atom. The average molecular weight is 287 g/mol. The minimum absolute atomic E-state index is 0.0712. The molecular weight excluding hydrogens is 262 g/mol. The second kappa shape index (κ2) is 6.69. The van der Waals surface area contributed by atoms with E-state index in [0.29, 0.717) is 0 Å². The second-order valence-corrected chi connectivity index (χ2v) is 6.09. The fourth-order valence-electron chi connectivity index (χ4n) is 1.26. The Balaban J connectivity index is 4.44. The van der Waals surface area contributed by atoms with Crippen LogP contribution in [0, 0.1) is 5.41 Å². The van der Waals surface area contributed by atoms with Gasteiger partial charge >= 0.3 is 12.0 Å². The van der Waals surface area contributed by atoms with Crippen LogP contribution in [0.25, 0.3) is 0 Å². The summed E-state index contributed by atoms with van der Waals surface area (Å²) >= 11 is 0. The maximum absolute atomic E-state index is 11.6. The van der Waals surface area contributed by atoms with E-state index in [1.54, 1.807) is 41.5 Å².